The number of hydrogen-bond donors (Lipinski definition) is 1. The zero-order valence-electron chi connectivity index (χ0n) is 11.6. The number of halogens is 1. The van der Waals surface area contributed by atoms with Crippen molar-refractivity contribution in [3.05, 3.63) is 35.6 Å². The quantitative estimate of drug-likeness (QED) is 0.923. The summed E-state index contributed by atoms with van der Waals surface area (Å²) in [4.78, 5) is 13.6. The molecule has 0 aliphatic carbocycles. The molecule has 2 unspecified atom stereocenters. The number of fused-ring (bicyclic) bond motifs is 2. The zero-order chi connectivity index (χ0) is 14.3. The van der Waals surface area contributed by atoms with Gasteiger partial charge in [0.25, 0.3) is 0 Å². The molecule has 108 valence electrons. The second-order valence-corrected chi connectivity index (χ2v) is 6.12. The molecule has 4 heteroatoms. The van der Waals surface area contributed by atoms with Crippen molar-refractivity contribution in [2.75, 3.05) is 7.05 Å². The molecule has 2 aliphatic rings. The first-order valence-electron chi connectivity index (χ1n) is 7.25. The van der Waals surface area contributed by atoms with Crippen LogP contribution in [0.1, 0.15) is 37.2 Å². The molecule has 1 aromatic carbocycles. The molecule has 1 N–H and O–H groups in total. The van der Waals surface area contributed by atoms with Gasteiger partial charge in [-0.1, -0.05) is 12.1 Å². The summed E-state index contributed by atoms with van der Waals surface area (Å²) in [6.45, 7) is 0. The standard InChI is InChI=1S/C16H20FNO2/c1-18-12-6-7-15(18)14(9-16(19)20)13(8-12)10-2-4-11(17)5-3-10/h2-5,12-15H,6-9H2,1H3,(H,19,20)/t12-,13?,14?,15+/m0/s1. The largest absolute Gasteiger partial charge is 0.481 e. The number of rotatable bonds is 3. The minimum absolute atomic E-state index is 0.127. The molecule has 20 heavy (non-hydrogen) atoms. The Morgan fingerprint density at radius 2 is 2.05 bits per heavy atom. The van der Waals surface area contributed by atoms with Crippen LogP contribution in [0.5, 0.6) is 0 Å². The van der Waals surface area contributed by atoms with Gasteiger partial charge in [0.05, 0.1) is 6.42 Å². The van der Waals surface area contributed by atoms with Gasteiger partial charge < -0.3 is 10.0 Å². The van der Waals surface area contributed by atoms with Gasteiger partial charge in [-0.3, -0.25) is 4.79 Å². The van der Waals surface area contributed by atoms with E-state index in [1.165, 1.54) is 12.1 Å². The van der Waals surface area contributed by atoms with Crippen molar-refractivity contribution in [1.82, 2.24) is 4.90 Å². The summed E-state index contributed by atoms with van der Waals surface area (Å²) in [5, 5.41) is 9.21. The first-order valence-corrected chi connectivity index (χ1v) is 7.25. The summed E-state index contributed by atoms with van der Waals surface area (Å²) in [5.41, 5.74) is 1.09. The molecule has 4 atom stereocenters. The maximum absolute atomic E-state index is 13.1. The highest BCUT2D eigenvalue weighted by Crippen LogP contribution is 2.47. The van der Waals surface area contributed by atoms with Gasteiger partial charge in [0.2, 0.25) is 0 Å². The van der Waals surface area contributed by atoms with Crippen LogP contribution in [-0.2, 0) is 4.79 Å². The summed E-state index contributed by atoms with van der Waals surface area (Å²) in [7, 11) is 2.11. The van der Waals surface area contributed by atoms with Crippen molar-refractivity contribution in [2.45, 2.75) is 43.7 Å². The number of piperidine rings is 1. The molecule has 2 saturated heterocycles. The van der Waals surface area contributed by atoms with E-state index in [0.717, 1.165) is 24.8 Å². The monoisotopic (exact) mass is 277 g/mol. The summed E-state index contributed by atoms with van der Waals surface area (Å²) < 4.78 is 13.1. The van der Waals surface area contributed by atoms with Gasteiger partial charge in [-0.15, -0.1) is 0 Å². The van der Waals surface area contributed by atoms with E-state index in [0.29, 0.717) is 12.1 Å². The van der Waals surface area contributed by atoms with E-state index >= 15 is 0 Å². The maximum atomic E-state index is 13.1. The van der Waals surface area contributed by atoms with Crippen LogP contribution in [0.25, 0.3) is 0 Å². The number of nitrogens with zero attached hydrogens (tertiary/aromatic N) is 1. The molecule has 3 nitrogen and oxygen atoms in total. The predicted molar refractivity (Wildman–Crippen MR) is 74.1 cm³/mol. The SMILES string of the molecule is CN1[C@H]2CC[C@@H]1C(CC(=O)O)C(c1ccc(F)cc1)C2. The van der Waals surface area contributed by atoms with E-state index in [1.54, 1.807) is 0 Å². The van der Waals surface area contributed by atoms with Gasteiger partial charge >= 0.3 is 5.97 Å². The van der Waals surface area contributed by atoms with Crippen molar-refractivity contribution in [3.63, 3.8) is 0 Å². The molecule has 0 amide bonds. The number of carboxylic acids is 1. The Hall–Kier alpha value is -1.42. The number of aliphatic carboxylic acids is 1. The van der Waals surface area contributed by atoms with Crippen LogP contribution in [0.15, 0.2) is 24.3 Å². The highest BCUT2D eigenvalue weighted by Gasteiger charge is 2.46. The second-order valence-electron chi connectivity index (χ2n) is 6.12. The Bertz CT molecular complexity index is 502. The lowest BCUT2D eigenvalue weighted by atomic mass is 9.74. The van der Waals surface area contributed by atoms with Crippen molar-refractivity contribution < 1.29 is 14.3 Å². The van der Waals surface area contributed by atoms with E-state index < -0.39 is 5.97 Å². The molecule has 3 rings (SSSR count). The van der Waals surface area contributed by atoms with Gasteiger partial charge in [0.15, 0.2) is 0 Å². The molecule has 2 bridgehead atoms. The first-order chi connectivity index (χ1) is 9.56. The zero-order valence-corrected chi connectivity index (χ0v) is 11.6. The van der Waals surface area contributed by atoms with Crippen molar-refractivity contribution >= 4 is 5.97 Å². The molecule has 2 aliphatic heterocycles. The summed E-state index contributed by atoms with van der Waals surface area (Å²) in [6.07, 6.45) is 3.41. The van der Waals surface area contributed by atoms with E-state index in [9.17, 15) is 14.3 Å². The Morgan fingerprint density at radius 1 is 1.35 bits per heavy atom. The Balaban J connectivity index is 1.91. The molecule has 0 radical (unpaired) electrons. The average molecular weight is 277 g/mol. The van der Waals surface area contributed by atoms with Gasteiger partial charge in [-0.25, -0.2) is 4.39 Å². The lowest BCUT2D eigenvalue weighted by Gasteiger charge is -2.43. The average Bonchev–Trinajstić information content (AvgIpc) is 2.65. The van der Waals surface area contributed by atoms with E-state index in [4.69, 9.17) is 0 Å². The van der Waals surface area contributed by atoms with Crippen LogP contribution in [0.3, 0.4) is 0 Å². The van der Waals surface area contributed by atoms with Crippen molar-refractivity contribution in [2.24, 2.45) is 5.92 Å². The van der Waals surface area contributed by atoms with E-state index in [-0.39, 0.29) is 24.1 Å². The Labute approximate surface area is 118 Å². The molecule has 2 heterocycles. The third-order valence-corrected chi connectivity index (χ3v) is 5.14. The van der Waals surface area contributed by atoms with Gasteiger partial charge in [-0.2, -0.15) is 0 Å². The van der Waals surface area contributed by atoms with Crippen molar-refractivity contribution in [3.8, 4) is 0 Å². The fraction of sp³-hybridized carbons (Fsp3) is 0.562. The van der Waals surface area contributed by atoms with Gasteiger partial charge in [-0.05, 0) is 55.8 Å². The number of carbonyl (C=O) groups is 1. The van der Waals surface area contributed by atoms with Crippen LogP contribution in [0.4, 0.5) is 4.39 Å². The fourth-order valence-corrected chi connectivity index (χ4v) is 4.15. The predicted octanol–water partition coefficient (Wildman–Crippen LogP) is 2.87. The first kappa shape index (κ1) is 13.6. The second kappa shape index (κ2) is 5.17. The van der Waals surface area contributed by atoms with Crippen LogP contribution in [0.2, 0.25) is 0 Å². The Morgan fingerprint density at radius 3 is 2.70 bits per heavy atom. The van der Waals surface area contributed by atoms with Gasteiger partial charge in [0, 0.05) is 12.1 Å². The lowest BCUT2D eigenvalue weighted by molar-refractivity contribution is -0.139. The summed E-state index contributed by atoms with van der Waals surface area (Å²) in [5.74, 6) is -0.609. The molecule has 0 saturated carbocycles. The molecule has 2 fully saturated rings. The molecule has 1 aromatic rings. The van der Waals surface area contributed by atoms with Crippen LogP contribution in [0, 0.1) is 11.7 Å². The number of carboxylic acid groups (broad SMARTS) is 1. The summed E-state index contributed by atoms with van der Waals surface area (Å²) >= 11 is 0. The third kappa shape index (κ3) is 2.33. The molecular formula is C16H20FNO2. The maximum Gasteiger partial charge on any atom is 0.303 e. The van der Waals surface area contributed by atoms with Crippen LogP contribution >= 0.6 is 0 Å². The highest BCUT2D eigenvalue weighted by atomic mass is 19.1. The topological polar surface area (TPSA) is 40.5 Å². The molecular weight excluding hydrogens is 257 g/mol. The minimum atomic E-state index is -0.735. The Kier molecular flexibility index (Phi) is 3.50. The number of hydrogen-bond acceptors (Lipinski definition) is 2. The minimum Gasteiger partial charge on any atom is -0.481 e. The molecule has 0 spiro atoms. The fourth-order valence-electron chi connectivity index (χ4n) is 4.15. The van der Waals surface area contributed by atoms with E-state index in [2.05, 4.69) is 11.9 Å². The van der Waals surface area contributed by atoms with Crippen LogP contribution in [-0.4, -0.2) is 35.1 Å². The smallest absolute Gasteiger partial charge is 0.303 e. The third-order valence-electron chi connectivity index (χ3n) is 5.14. The summed E-state index contributed by atoms with van der Waals surface area (Å²) in [6, 6.07) is 7.49. The number of benzene rings is 1. The lowest BCUT2D eigenvalue weighted by Crippen LogP contribution is -2.46. The van der Waals surface area contributed by atoms with Crippen molar-refractivity contribution in [1.29, 1.82) is 0 Å². The van der Waals surface area contributed by atoms with Gasteiger partial charge in [0.1, 0.15) is 5.82 Å². The van der Waals surface area contributed by atoms with E-state index in [1.807, 2.05) is 12.1 Å². The normalized spacial score (nSPS) is 33.3. The molecule has 0 aromatic heterocycles. The van der Waals surface area contributed by atoms with Crippen LogP contribution < -0.4 is 0 Å². The highest BCUT2D eigenvalue weighted by molar-refractivity contribution is 5.67.